The molecule has 1 aromatic heterocycles. The third kappa shape index (κ3) is 4.72. The molecule has 158 valence electrons. The lowest BCUT2D eigenvalue weighted by atomic mass is 10.1. The standard InChI is InChI=1S/C23H21N3O2S3/c1-29-19-9-3-16(4-10-19)22-15-23(17-5-11-20(30-2)12-6-17)26(25-22)18-7-13-21(14-8-18)31(24,27)28/h3-15H,1-2H3,(H2,24,27,28). The number of benzene rings is 3. The fourth-order valence-corrected chi connectivity index (χ4v) is 4.56. The van der Waals surface area contributed by atoms with Gasteiger partial charge in [-0.15, -0.1) is 23.5 Å². The smallest absolute Gasteiger partial charge is 0.232 e. The fraction of sp³-hybridized carbons (Fsp3) is 0.0870. The lowest BCUT2D eigenvalue weighted by Crippen LogP contribution is -2.12. The minimum Gasteiger partial charge on any atom is -0.232 e. The first-order valence-corrected chi connectivity index (χ1v) is 13.4. The Morgan fingerprint density at radius 1 is 0.774 bits per heavy atom. The average Bonchev–Trinajstić information content (AvgIpc) is 3.24. The van der Waals surface area contributed by atoms with E-state index in [1.807, 2.05) is 17.2 Å². The van der Waals surface area contributed by atoms with Gasteiger partial charge in [-0.3, -0.25) is 0 Å². The lowest BCUT2D eigenvalue weighted by Gasteiger charge is -2.09. The van der Waals surface area contributed by atoms with Crippen molar-refractivity contribution in [3.05, 3.63) is 78.9 Å². The van der Waals surface area contributed by atoms with Crippen LogP contribution in [0.1, 0.15) is 0 Å². The summed E-state index contributed by atoms with van der Waals surface area (Å²) < 4.78 is 25.1. The quantitative estimate of drug-likeness (QED) is 0.390. The van der Waals surface area contributed by atoms with Gasteiger partial charge in [0, 0.05) is 20.9 Å². The number of thioether (sulfide) groups is 2. The van der Waals surface area contributed by atoms with E-state index in [-0.39, 0.29) is 4.90 Å². The molecule has 0 saturated carbocycles. The van der Waals surface area contributed by atoms with Gasteiger partial charge in [0.15, 0.2) is 0 Å². The van der Waals surface area contributed by atoms with Crippen LogP contribution in [0.15, 0.2) is 93.5 Å². The highest BCUT2D eigenvalue weighted by Gasteiger charge is 2.15. The molecule has 0 spiro atoms. The molecule has 31 heavy (non-hydrogen) atoms. The van der Waals surface area contributed by atoms with E-state index in [0.29, 0.717) is 0 Å². The zero-order valence-electron chi connectivity index (χ0n) is 17.0. The Bertz CT molecular complexity index is 1300. The molecule has 2 N–H and O–H groups in total. The van der Waals surface area contributed by atoms with Gasteiger partial charge in [0.2, 0.25) is 10.0 Å². The van der Waals surface area contributed by atoms with Crippen molar-refractivity contribution in [2.75, 3.05) is 12.5 Å². The van der Waals surface area contributed by atoms with Crippen molar-refractivity contribution in [3.8, 4) is 28.2 Å². The number of hydrogen-bond acceptors (Lipinski definition) is 5. The van der Waals surface area contributed by atoms with E-state index in [2.05, 4.69) is 54.6 Å². The molecule has 5 nitrogen and oxygen atoms in total. The molecule has 0 aliphatic heterocycles. The van der Waals surface area contributed by atoms with Gasteiger partial charge in [0.05, 0.1) is 22.0 Å². The predicted octanol–water partition coefficient (Wildman–Crippen LogP) is 5.30. The van der Waals surface area contributed by atoms with E-state index >= 15 is 0 Å². The first kappa shape index (κ1) is 21.7. The molecule has 8 heteroatoms. The molecular formula is C23H21N3O2S3. The Labute approximate surface area is 190 Å². The van der Waals surface area contributed by atoms with Crippen LogP contribution in [0.3, 0.4) is 0 Å². The number of nitrogens with two attached hydrogens (primary N) is 1. The zero-order valence-corrected chi connectivity index (χ0v) is 19.5. The molecule has 4 aromatic rings. The first-order valence-electron chi connectivity index (χ1n) is 9.41. The molecule has 0 amide bonds. The van der Waals surface area contributed by atoms with Gasteiger partial charge in [-0.05, 0) is 67.1 Å². The largest absolute Gasteiger partial charge is 0.238 e. The van der Waals surface area contributed by atoms with Crippen LogP contribution in [0.25, 0.3) is 28.2 Å². The van der Waals surface area contributed by atoms with Gasteiger partial charge in [0.25, 0.3) is 0 Å². The molecule has 0 saturated heterocycles. The summed E-state index contributed by atoms with van der Waals surface area (Å²) in [6.07, 6.45) is 4.09. The van der Waals surface area contributed by atoms with Crippen LogP contribution in [0.5, 0.6) is 0 Å². The second kappa shape index (κ2) is 8.92. The average molecular weight is 468 g/mol. The number of primary sulfonamides is 1. The van der Waals surface area contributed by atoms with Gasteiger partial charge in [0.1, 0.15) is 0 Å². The number of nitrogens with zero attached hydrogens (tertiary/aromatic N) is 2. The maximum Gasteiger partial charge on any atom is 0.238 e. The number of hydrogen-bond donors (Lipinski definition) is 1. The monoisotopic (exact) mass is 467 g/mol. The minimum atomic E-state index is -3.75. The first-order chi connectivity index (χ1) is 14.9. The summed E-state index contributed by atoms with van der Waals surface area (Å²) in [5.41, 5.74) is 4.54. The fourth-order valence-electron chi connectivity index (χ4n) is 3.23. The van der Waals surface area contributed by atoms with Crippen molar-refractivity contribution < 1.29 is 8.42 Å². The Hall–Kier alpha value is -2.52. The molecule has 0 aliphatic carbocycles. The van der Waals surface area contributed by atoms with Crippen LogP contribution in [-0.4, -0.2) is 30.7 Å². The van der Waals surface area contributed by atoms with E-state index < -0.39 is 10.0 Å². The van der Waals surface area contributed by atoms with Gasteiger partial charge in [-0.2, -0.15) is 5.10 Å². The summed E-state index contributed by atoms with van der Waals surface area (Å²) in [4.78, 5) is 2.44. The van der Waals surface area contributed by atoms with Crippen LogP contribution in [0, 0.1) is 0 Å². The molecule has 1 heterocycles. The third-order valence-corrected chi connectivity index (χ3v) is 7.31. The van der Waals surface area contributed by atoms with Crippen molar-refractivity contribution in [2.45, 2.75) is 14.7 Å². The van der Waals surface area contributed by atoms with Crippen molar-refractivity contribution in [2.24, 2.45) is 5.14 Å². The Kier molecular flexibility index (Phi) is 6.24. The summed E-state index contributed by atoms with van der Waals surface area (Å²) in [7, 11) is -3.75. The van der Waals surface area contributed by atoms with E-state index in [0.717, 1.165) is 28.2 Å². The molecule has 0 bridgehead atoms. The van der Waals surface area contributed by atoms with Gasteiger partial charge in [-0.1, -0.05) is 24.3 Å². The highest BCUT2D eigenvalue weighted by molar-refractivity contribution is 7.98. The van der Waals surface area contributed by atoms with E-state index in [1.165, 1.54) is 21.9 Å². The normalized spacial score (nSPS) is 11.6. The summed E-state index contributed by atoms with van der Waals surface area (Å²) in [6.45, 7) is 0. The summed E-state index contributed by atoms with van der Waals surface area (Å²) in [5, 5.41) is 10.1. The molecule has 3 aromatic carbocycles. The summed E-state index contributed by atoms with van der Waals surface area (Å²) in [5.74, 6) is 0. The molecule has 0 atom stereocenters. The second-order valence-corrected chi connectivity index (χ2v) is 10.1. The predicted molar refractivity (Wildman–Crippen MR) is 129 cm³/mol. The topological polar surface area (TPSA) is 78.0 Å². The molecular weight excluding hydrogens is 446 g/mol. The van der Waals surface area contributed by atoms with E-state index in [1.54, 1.807) is 35.7 Å². The van der Waals surface area contributed by atoms with Crippen LogP contribution < -0.4 is 5.14 Å². The zero-order chi connectivity index (χ0) is 22.0. The van der Waals surface area contributed by atoms with E-state index in [4.69, 9.17) is 10.2 Å². The number of rotatable bonds is 6. The van der Waals surface area contributed by atoms with Crippen molar-refractivity contribution >= 4 is 33.5 Å². The van der Waals surface area contributed by atoms with Crippen LogP contribution in [0.4, 0.5) is 0 Å². The second-order valence-electron chi connectivity index (χ2n) is 6.82. The maximum atomic E-state index is 11.6. The number of aromatic nitrogens is 2. The van der Waals surface area contributed by atoms with Crippen molar-refractivity contribution in [1.29, 1.82) is 0 Å². The Morgan fingerprint density at radius 2 is 1.29 bits per heavy atom. The maximum absolute atomic E-state index is 11.6. The Morgan fingerprint density at radius 3 is 1.77 bits per heavy atom. The third-order valence-electron chi connectivity index (χ3n) is 4.89. The van der Waals surface area contributed by atoms with Crippen LogP contribution >= 0.6 is 23.5 Å². The van der Waals surface area contributed by atoms with E-state index in [9.17, 15) is 8.42 Å². The van der Waals surface area contributed by atoms with Gasteiger partial charge in [-0.25, -0.2) is 18.2 Å². The van der Waals surface area contributed by atoms with Crippen molar-refractivity contribution in [1.82, 2.24) is 9.78 Å². The van der Waals surface area contributed by atoms with Crippen LogP contribution in [0.2, 0.25) is 0 Å². The van der Waals surface area contributed by atoms with Crippen molar-refractivity contribution in [3.63, 3.8) is 0 Å². The number of sulfonamides is 1. The van der Waals surface area contributed by atoms with Gasteiger partial charge >= 0.3 is 0 Å². The molecule has 0 aliphatic rings. The highest BCUT2D eigenvalue weighted by Crippen LogP contribution is 2.31. The molecule has 0 fully saturated rings. The summed E-state index contributed by atoms with van der Waals surface area (Å²) >= 11 is 3.38. The van der Waals surface area contributed by atoms with Crippen LogP contribution in [-0.2, 0) is 10.0 Å². The molecule has 0 unspecified atom stereocenters. The minimum absolute atomic E-state index is 0.0714. The Balaban J connectivity index is 1.83. The summed E-state index contributed by atoms with van der Waals surface area (Å²) in [6, 6.07) is 25.0. The van der Waals surface area contributed by atoms with Gasteiger partial charge < -0.3 is 0 Å². The lowest BCUT2D eigenvalue weighted by molar-refractivity contribution is 0.598. The SMILES string of the molecule is CSc1ccc(-c2cc(-c3ccc(SC)cc3)n(-c3ccc(S(N)(=O)=O)cc3)n2)cc1. The highest BCUT2D eigenvalue weighted by atomic mass is 32.2. The molecule has 0 radical (unpaired) electrons. The molecule has 4 rings (SSSR count).